The molecule has 0 aliphatic carbocycles. The number of rotatable bonds is 9. The summed E-state index contributed by atoms with van der Waals surface area (Å²) in [6, 6.07) is 9.58. The lowest BCUT2D eigenvalue weighted by Crippen LogP contribution is -2.01. The monoisotopic (exact) mass is 387 g/mol. The minimum Gasteiger partial charge on any atom is -0.492 e. The number of halogens is 1. The van der Waals surface area contributed by atoms with Crippen LogP contribution in [0.3, 0.4) is 0 Å². The van der Waals surface area contributed by atoms with Gasteiger partial charge in [0.2, 0.25) is 5.89 Å². The van der Waals surface area contributed by atoms with E-state index in [1.165, 1.54) is 23.9 Å². The van der Waals surface area contributed by atoms with Crippen molar-refractivity contribution in [1.82, 2.24) is 15.2 Å². The van der Waals surface area contributed by atoms with E-state index in [1.54, 1.807) is 25.3 Å². The minimum absolute atomic E-state index is 0.160. The summed E-state index contributed by atoms with van der Waals surface area (Å²) < 4.78 is 24.1. The van der Waals surface area contributed by atoms with E-state index in [4.69, 9.17) is 9.15 Å². The van der Waals surface area contributed by atoms with Gasteiger partial charge >= 0.3 is 0 Å². The highest BCUT2D eigenvalue weighted by Crippen LogP contribution is 2.25. The van der Waals surface area contributed by atoms with Crippen LogP contribution >= 0.6 is 11.8 Å². The van der Waals surface area contributed by atoms with Crippen molar-refractivity contribution >= 4 is 17.5 Å². The van der Waals surface area contributed by atoms with Crippen molar-refractivity contribution in [1.29, 1.82) is 0 Å². The second kappa shape index (κ2) is 9.27. The molecule has 140 valence electrons. The standard InChI is InChI=1S/C19H18FN3O3S/c1-13(24)3-2-10-25-17-9-8-16(21-11-17)12-27-19-23-22-18(26-19)14-4-6-15(20)7-5-14/h4-9,11H,2-3,10,12H2,1H3. The van der Waals surface area contributed by atoms with E-state index in [0.29, 0.717) is 47.6 Å². The molecular weight excluding hydrogens is 369 g/mol. The van der Waals surface area contributed by atoms with Crippen LogP contribution in [-0.2, 0) is 10.5 Å². The van der Waals surface area contributed by atoms with Gasteiger partial charge in [0.05, 0.1) is 18.5 Å². The van der Waals surface area contributed by atoms with E-state index in [9.17, 15) is 9.18 Å². The zero-order valence-electron chi connectivity index (χ0n) is 14.7. The number of benzene rings is 1. The van der Waals surface area contributed by atoms with Gasteiger partial charge in [0.1, 0.15) is 17.3 Å². The number of Topliss-reactive ketones (excluding diaryl/α,β-unsaturated/α-hetero) is 1. The number of aromatic nitrogens is 3. The molecule has 27 heavy (non-hydrogen) atoms. The Morgan fingerprint density at radius 3 is 2.70 bits per heavy atom. The summed E-state index contributed by atoms with van der Waals surface area (Å²) in [5, 5.41) is 8.37. The lowest BCUT2D eigenvalue weighted by Gasteiger charge is -2.05. The van der Waals surface area contributed by atoms with Crippen molar-refractivity contribution in [2.75, 3.05) is 6.61 Å². The molecule has 0 N–H and O–H groups in total. The third-order valence-electron chi connectivity index (χ3n) is 3.58. The van der Waals surface area contributed by atoms with Gasteiger partial charge in [0.15, 0.2) is 0 Å². The first-order valence-electron chi connectivity index (χ1n) is 8.39. The Balaban J connectivity index is 1.48. The maximum atomic E-state index is 13.0. The van der Waals surface area contributed by atoms with E-state index in [1.807, 2.05) is 12.1 Å². The maximum absolute atomic E-state index is 13.0. The molecule has 2 aromatic heterocycles. The average Bonchev–Trinajstić information content (AvgIpc) is 3.14. The van der Waals surface area contributed by atoms with Gasteiger partial charge in [-0.05, 0) is 49.7 Å². The van der Waals surface area contributed by atoms with E-state index >= 15 is 0 Å². The molecule has 2 heterocycles. The molecule has 0 atom stereocenters. The Bertz CT molecular complexity index is 882. The van der Waals surface area contributed by atoms with Crippen molar-refractivity contribution in [2.45, 2.75) is 30.7 Å². The summed E-state index contributed by atoms with van der Waals surface area (Å²) in [4.78, 5) is 15.2. The predicted molar refractivity (Wildman–Crippen MR) is 98.9 cm³/mol. The smallest absolute Gasteiger partial charge is 0.277 e. The van der Waals surface area contributed by atoms with Gasteiger partial charge in [-0.1, -0.05) is 11.8 Å². The second-order valence-electron chi connectivity index (χ2n) is 5.81. The normalized spacial score (nSPS) is 10.7. The van der Waals surface area contributed by atoms with Gasteiger partial charge in [-0.3, -0.25) is 4.98 Å². The molecule has 0 amide bonds. The van der Waals surface area contributed by atoms with Gasteiger partial charge in [0, 0.05) is 17.7 Å². The molecule has 0 saturated carbocycles. The van der Waals surface area contributed by atoms with E-state index < -0.39 is 0 Å². The fourth-order valence-electron chi connectivity index (χ4n) is 2.21. The number of carbonyl (C=O) groups excluding carboxylic acids is 1. The van der Waals surface area contributed by atoms with Gasteiger partial charge in [-0.15, -0.1) is 10.2 Å². The summed E-state index contributed by atoms with van der Waals surface area (Å²) in [5.74, 6) is 1.43. The van der Waals surface area contributed by atoms with Gasteiger partial charge < -0.3 is 13.9 Å². The summed E-state index contributed by atoms with van der Waals surface area (Å²) in [6.07, 6.45) is 2.87. The lowest BCUT2D eigenvalue weighted by atomic mass is 10.2. The van der Waals surface area contributed by atoms with E-state index in [0.717, 1.165) is 5.69 Å². The number of pyridine rings is 1. The molecule has 8 heteroatoms. The fourth-order valence-corrected chi connectivity index (χ4v) is 2.88. The van der Waals surface area contributed by atoms with Crippen LogP contribution < -0.4 is 4.74 Å². The van der Waals surface area contributed by atoms with Crippen LogP contribution in [0.4, 0.5) is 4.39 Å². The number of ketones is 1. The van der Waals surface area contributed by atoms with Crippen LogP contribution in [0.15, 0.2) is 52.2 Å². The molecular formula is C19H18FN3O3S. The van der Waals surface area contributed by atoms with Crippen LogP contribution in [0.5, 0.6) is 5.75 Å². The van der Waals surface area contributed by atoms with Crippen LogP contribution in [0.25, 0.3) is 11.5 Å². The molecule has 0 radical (unpaired) electrons. The predicted octanol–water partition coefficient (Wildman–Crippen LogP) is 4.31. The lowest BCUT2D eigenvalue weighted by molar-refractivity contribution is -0.117. The zero-order chi connectivity index (χ0) is 19.1. The third-order valence-corrected chi connectivity index (χ3v) is 4.43. The number of carbonyl (C=O) groups is 1. The SMILES string of the molecule is CC(=O)CCCOc1ccc(CSc2nnc(-c3ccc(F)cc3)o2)nc1. The molecule has 0 fully saturated rings. The van der Waals surface area contributed by atoms with Crippen molar-refractivity contribution in [3.05, 3.63) is 54.1 Å². The van der Waals surface area contributed by atoms with Gasteiger partial charge in [0.25, 0.3) is 5.22 Å². The highest BCUT2D eigenvalue weighted by Gasteiger charge is 2.10. The first-order chi connectivity index (χ1) is 13.1. The molecule has 0 saturated heterocycles. The summed E-state index contributed by atoms with van der Waals surface area (Å²) in [6.45, 7) is 2.06. The van der Waals surface area contributed by atoms with E-state index in [2.05, 4.69) is 15.2 Å². The number of hydrogen-bond acceptors (Lipinski definition) is 7. The van der Waals surface area contributed by atoms with Crippen LogP contribution in [0.2, 0.25) is 0 Å². The summed E-state index contributed by atoms with van der Waals surface area (Å²) in [5.41, 5.74) is 1.51. The molecule has 0 spiro atoms. The minimum atomic E-state index is -0.315. The Hall–Kier alpha value is -2.74. The number of thioether (sulfide) groups is 1. The van der Waals surface area contributed by atoms with Gasteiger partial charge in [-0.2, -0.15) is 0 Å². The molecule has 0 unspecified atom stereocenters. The van der Waals surface area contributed by atoms with E-state index in [-0.39, 0.29) is 11.6 Å². The first kappa shape index (κ1) is 19.0. The Morgan fingerprint density at radius 1 is 1.19 bits per heavy atom. The number of hydrogen-bond donors (Lipinski definition) is 0. The van der Waals surface area contributed by atoms with Crippen molar-refractivity contribution < 1.29 is 18.3 Å². The fraction of sp³-hybridized carbons (Fsp3) is 0.263. The zero-order valence-corrected chi connectivity index (χ0v) is 15.5. The number of nitrogens with zero attached hydrogens (tertiary/aromatic N) is 3. The van der Waals surface area contributed by atoms with Crippen molar-refractivity contribution in [2.24, 2.45) is 0 Å². The Morgan fingerprint density at radius 2 is 2.00 bits per heavy atom. The highest BCUT2D eigenvalue weighted by molar-refractivity contribution is 7.98. The highest BCUT2D eigenvalue weighted by atomic mass is 32.2. The first-order valence-corrected chi connectivity index (χ1v) is 9.38. The van der Waals surface area contributed by atoms with Crippen LogP contribution in [0.1, 0.15) is 25.5 Å². The molecule has 0 aliphatic heterocycles. The van der Waals surface area contributed by atoms with Crippen LogP contribution in [0, 0.1) is 5.82 Å². The Labute approximate surface area is 160 Å². The van der Waals surface area contributed by atoms with Gasteiger partial charge in [-0.25, -0.2) is 4.39 Å². The third kappa shape index (κ3) is 5.89. The summed E-state index contributed by atoms with van der Waals surface area (Å²) in [7, 11) is 0. The van der Waals surface area contributed by atoms with Crippen molar-refractivity contribution in [3.63, 3.8) is 0 Å². The molecule has 0 bridgehead atoms. The summed E-state index contributed by atoms with van der Waals surface area (Å²) >= 11 is 1.37. The molecule has 3 rings (SSSR count). The topological polar surface area (TPSA) is 78.1 Å². The second-order valence-corrected chi connectivity index (χ2v) is 6.73. The molecule has 6 nitrogen and oxygen atoms in total. The molecule has 1 aromatic carbocycles. The molecule has 3 aromatic rings. The van der Waals surface area contributed by atoms with Crippen molar-refractivity contribution in [3.8, 4) is 17.2 Å². The Kier molecular flexibility index (Phi) is 6.54. The number of ether oxygens (including phenoxy) is 1. The molecule has 0 aliphatic rings. The average molecular weight is 387 g/mol. The maximum Gasteiger partial charge on any atom is 0.277 e. The van der Waals surface area contributed by atoms with Crippen LogP contribution in [-0.4, -0.2) is 27.6 Å². The largest absolute Gasteiger partial charge is 0.492 e. The quantitative estimate of drug-likeness (QED) is 0.400.